The van der Waals surface area contributed by atoms with E-state index in [9.17, 15) is 4.79 Å². The van der Waals surface area contributed by atoms with Gasteiger partial charge in [-0.2, -0.15) is 0 Å². The Morgan fingerprint density at radius 1 is 1.25 bits per heavy atom. The Morgan fingerprint density at radius 2 is 2.05 bits per heavy atom. The van der Waals surface area contributed by atoms with Crippen LogP contribution in [0.4, 0.5) is 0 Å². The number of benzene rings is 1. The van der Waals surface area contributed by atoms with Gasteiger partial charge in [-0.25, -0.2) is 0 Å². The Morgan fingerprint density at radius 3 is 2.70 bits per heavy atom. The van der Waals surface area contributed by atoms with Gasteiger partial charge in [0.25, 0.3) is 0 Å². The van der Waals surface area contributed by atoms with E-state index in [1.165, 1.54) is 0 Å². The molecule has 2 aromatic rings. The maximum absolute atomic E-state index is 12.5. The van der Waals surface area contributed by atoms with Gasteiger partial charge in [-0.3, -0.25) is 4.79 Å². The molecule has 0 atom stereocenters. The second-order valence-electron chi connectivity index (χ2n) is 5.08. The van der Waals surface area contributed by atoms with Crippen molar-refractivity contribution in [2.45, 2.75) is 20.3 Å². The number of thiophene rings is 1. The lowest BCUT2D eigenvalue weighted by Crippen LogP contribution is -2.15. The smallest absolute Gasteiger partial charge is 0.168 e. The molecule has 102 valence electrons. The molecule has 0 unspecified atom stereocenters. The molecule has 0 aliphatic heterocycles. The summed E-state index contributed by atoms with van der Waals surface area (Å²) < 4.78 is 5.52. The van der Waals surface area contributed by atoms with E-state index in [1.54, 1.807) is 18.4 Å². The zero-order valence-electron chi connectivity index (χ0n) is 11.8. The van der Waals surface area contributed by atoms with Crippen LogP contribution in [-0.4, -0.2) is 12.9 Å². The average Bonchev–Trinajstić information content (AvgIpc) is 2.90. The standard InChI is InChI=1S/C17H16O2S/c1-10-7-12-9-13(18)17(15-5-4-6-20-15)11(2)16(12)14(8-10)19-3/h4-8H,9H2,1-3H3. The van der Waals surface area contributed by atoms with E-state index < -0.39 is 0 Å². The van der Waals surface area contributed by atoms with Crippen LogP contribution in [0.1, 0.15) is 28.5 Å². The molecule has 1 heterocycles. The number of rotatable bonds is 2. The molecule has 0 saturated heterocycles. The van der Waals surface area contributed by atoms with E-state index in [-0.39, 0.29) is 5.78 Å². The van der Waals surface area contributed by atoms with Crippen LogP contribution in [0.5, 0.6) is 5.75 Å². The van der Waals surface area contributed by atoms with Gasteiger partial charge < -0.3 is 4.74 Å². The second-order valence-corrected chi connectivity index (χ2v) is 6.03. The monoisotopic (exact) mass is 284 g/mol. The number of allylic oxidation sites excluding steroid dienone is 2. The fraction of sp³-hybridized carbons (Fsp3) is 0.235. The molecule has 0 saturated carbocycles. The third kappa shape index (κ3) is 1.98. The number of carbonyl (C=O) groups excluding carboxylic acids is 1. The highest BCUT2D eigenvalue weighted by Crippen LogP contribution is 2.41. The van der Waals surface area contributed by atoms with Crippen LogP contribution in [0, 0.1) is 6.92 Å². The number of ether oxygens (including phenoxy) is 1. The lowest BCUT2D eigenvalue weighted by Gasteiger charge is -2.22. The Kier molecular flexibility index (Phi) is 3.22. The highest BCUT2D eigenvalue weighted by atomic mass is 32.1. The van der Waals surface area contributed by atoms with Crippen molar-refractivity contribution >= 4 is 28.3 Å². The second kappa shape index (κ2) is 4.91. The van der Waals surface area contributed by atoms with Gasteiger partial charge in [-0.05, 0) is 48.1 Å². The van der Waals surface area contributed by atoms with Crippen molar-refractivity contribution in [3.05, 3.63) is 51.2 Å². The summed E-state index contributed by atoms with van der Waals surface area (Å²) in [4.78, 5) is 13.5. The summed E-state index contributed by atoms with van der Waals surface area (Å²) in [6, 6.07) is 8.11. The van der Waals surface area contributed by atoms with Crippen molar-refractivity contribution in [2.24, 2.45) is 0 Å². The first-order valence-electron chi connectivity index (χ1n) is 6.57. The Balaban J connectivity index is 2.28. The maximum Gasteiger partial charge on any atom is 0.168 e. The number of hydrogen-bond acceptors (Lipinski definition) is 3. The molecular formula is C17H16O2S. The molecule has 20 heavy (non-hydrogen) atoms. The highest BCUT2D eigenvalue weighted by Gasteiger charge is 2.27. The predicted molar refractivity (Wildman–Crippen MR) is 83.2 cm³/mol. The number of aryl methyl sites for hydroxylation is 1. The van der Waals surface area contributed by atoms with Crippen LogP contribution < -0.4 is 4.74 Å². The number of carbonyl (C=O) groups is 1. The summed E-state index contributed by atoms with van der Waals surface area (Å²) >= 11 is 1.61. The van der Waals surface area contributed by atoms with Crippen LogP contribution in [0.2, 0.25) is 0 Å². The quantitative estimate of drug-likeness (QED) is 0.829. The van der Waals surface area contributed by atoms with E-state index in [4.69, 9.17) is 4.74 Å². The van der Waals surface area contributed by atoms with Crippen molar-refractivity contribution in [3.8, 4) is 5.75 Å². The van der Waals surface area contributed by atoms with Gasteiger partial charge in [0.15, 0.2) is 5.78 Å². The van der Waals surface area contributed by atoms with E-state index in [0.29, 0.717) is 6.42 Å². The summed E-state index contributed by atoms with van der Waals surface area (Å²) in [7, 11) is 1.68. The summed E-state index contributed by atoms with van der Waals surface area (Å²) in [6.07, 6.45) is 0.456. The van der Waals surface area contributed by atoms with Gasteiger partial charge in [0.1, 0.15) is 5.75 Å². The molecule has 0 radical (unpaired) electrons. The minimum absolute atomic E-state index is 0.199. The Hall–Kier alpha value is -1.87. The van der Waals surface area contributed by atoms with Crippen molar-refractivity contribution in [1.82, 2.24) is 0 Å². The fourth-order valence-corrected chi connectivity index (χ4v) is 3.74. The predicted octanol–water partition coefficient (Wildman–Crippen LogP) is 4.12. The highest BCUT2D eigenvalue weighted by molar-refractivity contribution is 7.11. The molecule has 3 rings (SSSR count). The molecule has 1 aromatic carbocycles. The topological polar surface area (TPSA) is 26.3 Å². The number of Topliss-reactive ketones (excluding diaryl/α,β-unsaturated/α-hetero) is 1. The average molecular weight is 284 g/mol. The van der Waals surface area contributed by atoms with E-state index in [2.05, 4.69) is 6.07 Å². The van der Waals surface area contributed by atoms with Crippen molar-refractivity contribution in [1.29, 1.82) is 0 Å². The van der Waals surface area contributed by atoms with Crippen LogP contribution >= 0.6 is 11.3 Å². The summed E-state index contributed by atoms with van der Waals surface area (Å²) in [5.41, 5.74) is 5.15. The van der Waals surface area contributed by atoms with Crippen LogP contribution in [0.3, 0.4) is 0 Å². The SMILES string of the molecule is COc1cc(C)cc2c1C(C)=C(c1cccs1)C(=O)C2. The molecule has 0 spiro atoms. The van der Waals surface area contributed by atoms with Crippen LogP contribution in [0.25, 0.3) is 11.1 Å². The Labute approximate surface area is 122 Å². The van der Waals surface area contributed by atoms with Gasteiger partial charge in [-0.1, -0.05) is 12.1 Å². The first-order chi connectivity index (χ1) is 9.61. The lowest BCUT2D eigenvalue weighted by molar-refractivity contribution is -0.113. The zero-order chi connectivity index (χ0) is 14.3. The Bertz CT molecular complexity index is 709. The minimum Gasteiger partial charge on any atom is -0.496 e. The van der Waals surface area contributed by atoms with Gasteiger partial charge in [-0.15, -0.1) is 11.3 Å². The zero-order valence-corrected chi connectivity index (χ0v) is 12.6. The van der Waals surface area contributed by atoms with E-state index >= 15 is 0 Å². The summed E-state index contributed by atoms with van der Waals surface area (Å²) in [6.45, 7) is 4.05. The van der Waals surface area contributed by atoms with Crippen molar-refractivity contribution in [2.75, 3.05) is 7.11 Å². The maximum atomic E-state index is 12.5. The van der Waals surface area contributed by atoms with Gasteiger partial charge in [0, 0.05) is 22.4 Å². The number of fused-ring (bicyclic) bond motifs is 1. The normalized spacial score (nSPS) is 14.4. The minimum atomic E-state index is 0.199. The van der Waals surface area contributed by atoms with E-state index in [1.807, 2.05) is 37.4 Å². The molecule has 3 heteroatoms. The van der Waals surface area contributed by atoms with Gasteiger partial charge >= 0.3 is 0 Å². The van der Waals surface area contributed by atoms with Crippen molar-refractivity contribution in [3.63, 3.8) is 0 Å². The fourth-order valence-electron chi connectivity index (χ4n) is 2.89. The van der Waals surface area contributed by atoms with Crippen molar-refractivity contribution < 1.29 is 9.53 Å². The third-order valence-electron chi connectivity index (χ3n) is 3.70. The largest absolute Gasteiger partial charge is 0.496 e. The number of hydrogen-bond donors (Lipinski definition) is 0. The lowest BCUT2D eigenvalue weighted by atomic mass is 9.83. The van der Waals surface area contributed by atoms with Gasteiger partial charge in [0.2, 0.25) is 0 Å². The molecule has 0 fully saturated rings. The molecule has 0 bridgehead atoms. The van der Waals surface area contributed by atoms with E-state index in [0.717, 1.165) is 38.5 Å². The number of ketones is 1. The molecule has 1 aliphatic carbocycles. The van der Waals surface area contributed by atoms with Gasteiger partial charge in [0.05, 0.1) is 7.11 Å². The first kappa shape index (κ1) is 13.1. The molecule has 0 amide bonds. The molecule has 2 nitrogen and oxygen atoms in total. The molecule has 1 aliphatic rings. The molecular weight excluding hydrogens is 268 g/mol. The first-order valence-corrected chi connectivity index (χ1v) is 7.45. The number of methoxy groups -OCH3 is 1. The molecule has 1 aromatic heterocycles. The molecule has 0 N–H and O–H groups in total. The summed E-state index contributed by atoms with van der Waals surface area (Å²) in [5.74, 6) is 1.06. The van der Waals surface area contributed by atoms with Crippen LogP contribution in [-0.2, 0) is 11.2 Å². The third-order valence-corrected chi connectivity index (χ3v) is 4.58. The summed E-state index contributed by atoms with van der Waals surface area (Å²) in [5, 5.41) is 2.00. The van der Waals surface area contributed by atoms with Crippen LogP contribution in [0.15, 0.2) is 29.6 Å².